The highest BCUT2D eigenvalue weighted by Crippen LogP contribution is 2.21. The van der Waals surface area contributed by atoms with Gasteiger partial charge in [-0.25, -0.2) is 0 Å². The molecular weight excluding hydrogens is 212 g/mol. The molecule has 96 valence electrons. The molecule has 0 atom stereocenters. The molecule has 0 N–H and O–H groups in total. The van der Waals surface area contributed by atoms with E-state index in [2.05, 4.69) is 16.4 Å². The Labute approximate surface area is 104 Å². The molecular formula is C14H24N2O. The SMILES string of the molecule is C=C(CN1CCC(N2CCCC2)CC1)C(C)=O. The van der Waals surface area contributed by atoms with E-state index in [1.807, 2.05) is 0 Å². The number of carbonyl (C=O) groups excluding carboxylic acids is 1. The minimum Gasteiger partial charge on any atom is -0.300 e. The number of Topliss-reactive ketones (excluding diaryl/α,β-unsaturated/α-hetero) is 1. The molecule has 0 spiro atoms. The molecule has 2 aliphatic heterocycles. The van der Waals surface area contributed by atoms with Crippen molar-refractivity contribution in [3.63, 3.8) is 0 Å². The monoisotopic (exact) mass is 236 g/mol. The molecule has 3 nitrogen and oxygen atoms in total. The minimum absolute atomic E-state index is 0.131. The van der Waals surface area contributed by atoms with Gasteiger partial charge in [-0.05, 0) is 58.8 Å². The Morgan fingerprint density at radius 1 is 1.18 bits per heavy atom. The van der Waals surface area contributed by atoms with Crippen LogP contribution in [0.1, 0.15) is 32.6 Å². The van der Waals surface area contributed by atoms with E-state index in [1.165, 1.54) is 38.8 Å². The molecule has 2 rings (SSSR count). The second kappa shape index (κ2) is 5.78. The summed E-state index contributed by atoms with van der Waals surface area (Å²) < 4.78 is 0. The van der Waals surface area contributed by atoms with Crippen LogP contribution in [0.25, 0.3) is 0 Å². The highest BCUT2D eigenvalue weighted by Gasteiger charge is 2.26. The third-order valence-corrected chi connectivity index (χ3v) is 4.13. The molecule has 2 fully saturated rings. The Hall–Kier alpha value is -0.670. The number of nitrogens with zero attached hydrogens (tertiary/aromatic N) is 2. The van der Waals surface area contributed by atoms with Gasteiger partial charge >= 0.3 is 0 Å². The largest absolute Gasteiger partial charge is 0.300 e. The van der Waals surface area contributed by atoms with Gasteiger partial charge in [0.2, 0.25) is 0 Å². The Balaban J connectivity index is 1.74. The average molecular weight is 236 g/mol. The smallest absolute Gasteiger partial charge is 0.156 e. The van der Waals surface area contributed by atoms with Crippen molar-refractivity contribution in [3.05, 3.63) is 12.2 Å². The Morgan fingerprint density at radius 3 is 2.29 bits per heavy atom. The number of likely N-dealkylation sites (tertiary alicyclic amines) is 2. The summed E-state index contributed by atoms with van der Waals surface area (Å²) in [7, 11) is 0. The fourth-order valence-corrected chi connectivity index (χ4v) is 2.93. The molecule has 0 amide bonds. The standard InChI is InChI=1S/C14H24N2O/c1-12(13(2)17)11-15-9-5-14(6-10-15)16-7-3-4-8-16/h14H,1,3-11H2,2H3. The van der Waals surface area contributed by atoms with Crippen molar-refractivity contribution in [1.82, 2.24) is 9.80 Å². The maximum absolute atomic E-state index is 11.2. The summed E-state index contributed by atoms with van der Waals surface area (Å²) in [6, 6.07) is 0.791. The molecule has 0 unspecified atom stereocenters. The number of piperidine rings is 1. The second-order valence-electron chi connectivity index (χ2n) is 5.41. The Kier molecular flexibility index (Phi) is 4.35. The van der Waals surface area contributed by atoms with Crippen LogP contribution in [0.4, 0.5) is 0 Å². The van der Waals surface area contributed by atoms with Gasteiger partial charge in [-0.1, -0.05) is 6.58 Å². The lowest BCUT2D eigenvalue weighted by Gasteiger charge is -2.36. The number of hydrogen-bond acceptors (Lipinski definition) is 3. The van der Waals surface area contributed by atoms with E-state index < -0.39 is 0 Å². The number of hydrogen-bond donors (Lipinski definition) is 0. The predicted octanol–water partition coefficient (Wildman–Crippen LogP) is 1.69. The molecule has 2 heterocycles. The van der Waals surface area contributed by atoms with E-state index in [4.69, 9.17) is 0 Å². The van der Waals surface area contributed by atoms with Crippen molar-refractivity contribution >= 4 is 5.78 Å². The van der Waals surface area contributed by atoms with Crippen LogP contribution < -0.4 is 0 Å². The third-order valence-electron chi connectivity index (χ3n) is 4.13. The van der Waals surface area contributed by atoms with Crippen molar-refractivity contribution in [2.24, 2.45) is 0 Å². The van der Waals surface area contributed by atoms with Crippen LogP contribution in [-0.2, 0) is 4.79 Å². The number of ketones is 1. The number of carbonyl (C=O) groups is 1. The van der Waals surface area contributed by atoms with E-state index >= 15 is 0 Å². The van der Waals surface area contributed by atoms with Gasteiger partial charge < -0.3 is 4.90 Å². The van der Waals surface area contributed by atoms with Gasteiger partial charge in [0.25, 0.3) is 0 Å². The van der Waals surface area contributed by atoms with Gasteiger partial charge in [-0.3, -0.25) is 9.69 Å². The minimum atomic E-state index is 0.131. The summed E-state index contributed by atoms with van der Waals surface area (Å²) in [5.74, 6) is 0.131. The summed E-state index contributed by atoms with van der Waals surface area (Å²) in [5.41, 5.74) is 0.754. The van der Waals surface area contributed by atoms with Crippen LogP contribution in [0.2, 0.25) is 0 Å². The van der Waals surface area contributed by atoms with Crippen molar-refractivity contribution < 1.29 is 4.79 Å². The van der Waals surface area contributed by atoms with Crippen LogP contribution in [0, 0.1) is 0 Å². The molecule has 0 aliphatic carbocycles. The van der Waals surface area contributed by atoms with Crippen molar-refractivity contribution in [2.75, 3.05) is 32.7 Å². The van der Waals surface area contributed by atoms with E-state index in [0.29, 0.717) is 0 Å². The zero-order valence-corrected chi connectivity index (χ0v) is 11.0. The molecule has 17 heavy (non-hydrogen) atoms. The summed E-state index contributed by atoms with van der Waals surface area (Å²) in [6.45, 7) is 11.0. The first kappa shape index (κ1) is 12.8. The van der Waals surface area contributed by atoms with E-state index in [-0.39, 0.29) is 5.78 Å². The highest BCUT2D eigenvalue weighted by atomic mass is 16.1. The lowest BCUT2D eigenvalue weighted by Crippen LogP contribution is -2.44. The van der Waals surface area contributed by atoms with E-state index in [9.17, 15) is 4.79 Å². The molecule has 0 radical (unpaired) electrons. The summed E-state index contributed by atoms with van der Waals surface area (Å²) in [6.07, 6.45) is 5.26. The van der Waals surface area contributed by atoms with Gasteiger partial charge in [0, 0.05) is 18.2 Å². The van der Waals surface area contributed by atoms with Crippen molar-refractivity contribution in [1.29, 1.82) is 0 Å². The first-order chi connectivity index (χ1) is 8.16. The van der Waals surface area contributed by atoms with Crippen molar-refractivity contribution in [2.45, 2.75) is 38.6 Å². The van der Waals surface area contributed by atoms with Gasteiger partial charge in [0.05, 0.1) is 0 Å². The molecule has 2 saturated heterocycles. The van der Waals surface area contributed by atoms with Gasteiger partial charge in [0.15, 0.2) is 5.78 Å². The zero-order chi connectivity index (χ0) is 12.3. The molecule has 0 aromatic carbocycles. The molecule has 0 saturated carbocycles. The topological polar surface area (TPSA) is 23.6 Å². The second-order valence-corrected chi connectivity index (χ2v) is 5.41. The van der Waals surface area contributed by atoms with Crippen LogP contribution in [0.15, 0.2) is 12.2 Å². The summed E-state index contributed by atoms with van der Waals surface area (Å²) >= 11 is 0. The predicted molar refractivity (Wildman–Crippen MR) is 70.1 cm³/mol. The third kappa shape index (κ3) is 3.39. The molecule has 0 aromatic rings. The van der Waals surface area contributed by atoms with Crippen LogP contribution in [-0.4, -0.2) is 54.3 Å². The molecule has 3 heteroatoms. The van der Waals surface area contributed by atoms with E-state index in [0.717, 1.165) is 31.2 Å². The fourth-order valence-electron chi connectivity index (χ4n) is 2.93. The average Bonchev–Trinajstić information content (AvgIpc) is 2.83. The fraction of sp³-hybridized carbons (Fsp3) is 0.786. The van der Waals surface area contributed by atoms with Gasteiger partial charge in [-0.15, -0.1) is 0 Å². The zero-order valence-electron chi connectivity index (χ0n) is 11.0. The van der Waals surface area contributed by atoms with Gasteiger partial charge in [-0.2, -0.15) is 0 Å². The normalized spacial score (nSPS) is 24.1. The summed E-state index contributed by atoms with van der Waals surface area (Å²) in [5, 5.41) is 0. The maximum Gasteiger partial charge on any atom is 0.156 e. The first-order valence-corrected chi connectivity index (χ1v) is 6.82. The van der Waals surface area contributed by atoms with Crippen LogP contribution in [0.5, 0.6) is 0 Å². The molecule has 0 bridgehead atoms. The van der Waals surface area contributed by atoms with Crippen LogP contribution in [0.3, 0.4) is 0 Å². The summed E-state index contributed by atoms with van der Waals surface area (Å²) in [4.78, 5) is 16.2. The Bertz CT molecular complexity index is 287. The van der Waals surface area contributed by atoms with Crippen molar-refractivity contribution in [3.8, 4) is 0 Å². The molecule has 0 aromatic heterocycles. The number of rotatable bonds is 4. The maximum atomic E-state index is 11.2. The highest BCUT2D eigenvalue weighted by molar-refractivity contribution is 5.92. The van der Waals surface area contributed by atoms with Gasteiger partial charge in [0.1, 0.15) is 0 Å². The van der Waals surface area contributed by atoms with E-state index in [1.54, 1.807) is 6.92 Å². The first-order valence-electron chi connectivity index (χ1n) is 6.82. The lowest BCUT2D eigenvalue weighted by molar-refractivity contribution is -0.113. The van der Waals surface area contributed by atoms with Crippen LogP contribution >= 0.6 is 0 Å². The molecule has 2 aliphatic rings. The quantitative estimate of drug-likeness (QED) is 0.694. The Morgan fingerprint density at radius 2 is 1.76 bits per heavy atom. The lowest BCUT2D eigenvalue weighted by atomic mass is 10.0.